The molecule has 2 rings (SSSR count). The maximum Gasteiger partial charge on any atom is 0.294 e. The smallest absolute Gasteiger partial charge is 0.294 e. The van der Waals surface area contributed by atoms with Crippen molar-refractivity contribution in [3.63, 3.8) is 0 Å². The number of phenolic OH excluding ortho intramolecular Hbond substituents is 1. The van der Waals surface area contributed by atoms with Gasteiger partial charge in [-0.2, -0.15) is 5.10 Å². The van der Waals surface area contributed by atoms with Gasteiger partial charge in [0.15, 0.2) is 0 Å². The molecule has 0 unspecified atom stereocenters. The number of nitrogens with one attached hydrogen (secondary N) is 1. The van der Waals surface area contributed by atoms with Crippen LogP contribution in [0, 0.1) is 10.1 Å². The van der Waals surface area contributed by atoms with Gasteiger partial charge in [-0.1, -0.05) is 35.3 Å². The van der Waals surface area contributed by atoms with Gasteiger partial charge in [-0.3, -0.25) is 15.5 Å². The minimum Gasteiger partial charge on any atom is -0.506 e. The summed E-state index contributed by atoms with van der Waals surface area (Å²) in [5.74, 6) is -0.156. The molecule has 2 aromatic rings. The molecule has 0 atom stereocenters. The van der Waals surface area contributed by atoms with Gasteiger partial charge in [-0.25, -0.2) is 0 Å². The number of nitro benzene ring substituents is 1. The van der Waals surface area contributed by atoms with Crippen LogP contribution in [0.3, 0.4) is 0 Å². The molecule has 0 aliphatic carbocycles. The highest BCUT2D eigenvalue weighted by Gasteiger charge is 2.13. The number of benzene rings is 2. The van der Waals surface area contributed by atoms with Crippen LogP contribution in [-0.4, -0.2) is 15.7 Å². The number of hydrogen-bond donors (Lipinski definition) is 2. The van der Waals surface area contributed by atoms with Crippen molar-refractivity contribution >= 4 is 40.3 Å². The van der Waals surface area contributed by atoms with Crippen LogP contribution >= 0.6 is 23.2 Å². The number of rotatable bonds is 4. The van der Waals surface area contributed by atoms with Crippen LogP contribution in [0.15, 0.2) is 41.5 Å². The molecule has 2 N–H and O–H groups in total. The van der Waals surface area contributed by atoms with Gasteiger partial charge >= 0.3 is 0 Å². The summed E-state index contributed by atoms with van der Waals surface area (Å²) >= 11 is 11.7. The zero-order chi connectivity index (χ0) is 16.3. The Hall–Kier alpha value is -2.31. The first kappa shape index (κ1) is 16.1. The van der Waals surface area contributed by atoms with Gasteiger partial charge in [0.1, 0.15) is 11.4 Å². The predicted octanol–water partition coefficient (Wildman–Crippen LogP) is 4.44. The van der Waals surface area contributed by atoms with Crippen LogP contribution < -0.4 is 5.43 Å². The highest BCUT2D eigenvalue weighted by Crippen LogP contribution is 2.31. The Balaban J connectivity index is 2.34. The molecule has 0 saturated heterocycles. The topological polar surface area (TPSA) is 87.8 Å². The van der Waals surface area contributed by atoms with Crippen LogP contribution in [-0.2, 0) is 0 Å². The van der Waals surface area contributed by atoms with Crippen molar-refractivity contribution in [2.45, 2.75) is 6.92 Å². The first-order valence-corrected chi connectivity index (χ1v) is 6.88. The SMILES string of the molecule is CC(=NNc1ccccc1[N+](=O)[O-])c1cc(Cl)cc(Cl)c1O. The summed E-state index contributed by atoms with van der Waals surface area (Å²) in [5.41, 5.74) is 3.45. The standard InChI is InChI=1S/C14H11Cl2N3O3/c1-8(10-6-9(15)7-11(16)14(10)20)17-18-12-4-2-3-5-13(12)19(21)22/h2-7,18,20H,1H3. The molecule has 2 aromatic carbocycles. The number of para-hydroxylation sites is 2. The first-order valence-electron chi connectivity index (χ1n) is 6.12. The maximum absolute atomic E-state index is 10.9. The predicted molar refractivity (Wildman–Crippen MR) is 87.1 cm³/mol. The van der Waals surface area contributed by atoms with E-state index in [1.54, 1.807) is 19.1 Å². The summed E-state index contributed by atoms with van der Waals surface area (Å²) in [6.07, 6.45) is 0. The normalized spacial score (nSPS) is 11.3. The monoisotopic (exact) mass is 339 g/mol. The molecule has 0 aliphatic heterocycles. The second-order valence-electron chi connectivity index (χ2n) is 4.37. The maximum atomic E-state index is 10.9. The fourth-order valence-electron chi connectivity index (χ4n) is 1.77. The second kappa shape index (κ2) is 6.64. The van der Waals surface area contributed by atoms with Crippen LogP contribution in [0.25, 0.3) is 0 Å². The van der Waals surface area contributed by atoms with E-state index in [0.29, 0.717) is 16.3 Å². The van der Waals surface area contributed by atoms with E-state index >= 15 is 0 Å². The number of halogens is 2. The Bertz CT molecular complexity index is 763. The van der Waals surface area contributed by atoms with Gasteiger partial charge in [-0.15, -0.1) is 0 Å². The third kappa shape index (κ3) is 3.47. The summed E-state index contributed by atoms with van der Waals surface area (Å²) in [6.45, 7) is 1.61. The van der Waals surface area contributed by atoms with Gasteiger partial charge in [0.25, 0.3) is 5.69 Å². The van der Waals surface area contributed by atoms with Gasteiger partial charge in [0.2, 0.25) is 0 Å². The highest BCUT2D eigenvalue weighted by molar-refractivity contribution is 6.36. The van der Waals surface area contributed by atoms with Crippen LogP contribution in [0.5, 0.6) is 5.75 Å². The number of aromatic hydroxyl groups is 1. The zero-order valence-electron chi connectivity index (χ0n) is 11.4. The van der Waals surface area contributed by atoms with E-state index in [9.17, 15) is 15.2 Å². The summed E-state index contributed by atoms with van der Waals surface area (Å²) in [5, 5.41) is 25.3. The Kier molecular flexibility index (Phi) is 4.85. The van der Waals surface area contributed by atoms with Gasteiger partial charge in [0, 0.05) is 16.7 Å². The zero-order valence-corrected chi connectivity index (χ0v) is 12.9. The first-order chi connectivity index (χ1) is 10.4. The Morgan fingerprint density at radius 3 is 2.68 bits per heavy atom. The molecule has 114 valence electrons. The molecule has 6 nitrogen and oxygen atoms in total. The largest absolute Gasteiger partial charge is 0.506 e. The molecular formula is C14H11Cl2N3O3. The number of anilines is 1. The van der Waals surface area contributed by atoms with E-state index < -0.39 is 4.92 Å². The number of hydrazone groups is 1. The summed E-state index contributed by atoms with van der Waals surface area (Å²) in [7, 11) is 0. The van der Waals surface area contributed by atoms with E-state index in [1.165, 1.54) is 24.3 Å². The number of nitrogens with zero attached hydrogens (tertiary/aromatic N) is 2. The lowest BCUT2D eigenvalue weighted by Crippen LogP contribution is -2.02. The van der Waals surface area contributed by atoms with Crippen LogP contribution in [0.2, 0.25) is 10.0 Å². The molecule has 8 heteroatoms. The summed E-state index contributed by atoms with van der Waals surface area (Å²) in [4.78, 5) is 10.4. The van der Waals surface area contributed by atoms with Gasteiger partial charge < -0.3 is 5.11 Å². The molecule has 0 aliphatic rings. The minimum atomic E-state index is -0.513. The molecular weight excluding hydrogens is 329 g/mol. The molecule has 0 radical (unpaired) electrons. The quantitative estimate of drug-likeness (QED) is 0.489. The fraction of sp³-hybridized carbons (Fsp3) is 0.0714. The summed E-state index contributed by atoms with van der Waals surface area (Å²) < 4.78 is 0. The van der Waals surface area contributed by atoms with Crippen molar-refractivity contribution < 1.29 is 10.0 Å². The molecule has 0 saturated carbocycles. The number of nitro groups is 1. The molecule has 0 amide bonds. The third-order valence-corrected chi connectivity index (χ3v) is 3.37. The van der Waals surface area contributed by atoms with Crippen molar-refractivity contribution in [2.75, 3.05) is 5.43 Å². The third-order valence-electron chi connectivity index (χ3n) is 2.86. The van der Waals surface area contributed by atoms with E-state index in [1.807, 2.05) is 0 Å². The van der Waals surface area contributed by atoms with Crippen LogP contribution in [0.1, 0.15) is 12.5 Å². The van der Waals surface area contributed by atoms with E-state index in [2.05, 4.69) is 10.5 Å². The van der Waals surface area contributed by atoms with E-state index in [4.69, 9.17) is 23.2 Å². The average molecular weight is 340 g/mol. The van der Waals surface area contributed by atoms with Crippen molar-refractivity contribution in [1.29, 1.82) is 0 Å². The molecule has 0 spiro atoms. The van der Waals surface area contributed by atoms with Crippen molar-refractivity contribution in [3.05, 3.63) is 62.1 Å². The number of phenols is 1. The molecule has 0 heterocycles. The lowest BCUT2D eigenvalue weighted by molar-refractivity contribution is -0.384. The lowest BCUT2D eigenvalue weighted by atomic mass is 10.1. The average Bonchev–Trinajstić information content (AvgIpc) is 2.48. The Morgan fingerprint density at radius 1 is 1.32 bits per heavy atom. The van der Waals surface area contributed by atoms with E-state index in [-0.39, 0.29) is 22.1 Å². The Morgan fingerprint density at radius 2 is 2.00 bits per heavy atom. The molecule has 0 aromatic heterocycles. The number of hydrogen-bond acceptors (Lipinski definition) is 5. The van der Waals surface area contributed by atoms with Crippen LogP contribution in [0.4, 0.5) is 11.4 Å². The molecule has 22 heavy (non-hydrogen) atoms. The molecule has 0 bridgehead atoms. The minimum absolute atomic E-state index is 0.0998. The van der Waals surface area contributed by atoms with Gasteiger partial charge in [0.05, 0.1) is 15.7 Å². The van der Waals surface area contributed by atoms with Crippen molar-refractivity contribution in [1.82, 2.24) is 0 Å². The second-order valence-corrected chi connectivity index (χ2v) is 5.21. The summed E-state index contributed by atoms with van der Waals surface area (Å²) in [6, 6.07) is 9.00. The van der Waals surface area contributed by atoms with Gasteiger partial charge in [-0.05, 0) is 25.1 Å². The van der Waals surface area contributed by atoms with Crippen molar-refractivity contribution in [2.24, 2.45) is 5.10 Å². The van der Waals surface area contributed by atoms with Crippen molar-refractivity contribution in [3.8, 4) is 5.75 Å². The Labute approximate surface area is 136 Å². The lowest BCUT2D eigenvalue weighted by Gasteiger charge is -2.08. The fourth-order valence-corrected chi connectivity index (χ4v) is 2.27. The van der Waals surface area contributed by atoms with E-state index in [0.717, 1.165) is 0 Å². The molecule has 0 fully saturated rings. The highest BCUT2D eigenvalue weighted by atomic mass is 35.5.